The molecule has 1 heterocycles. The van der Waals surface area contributed by atoms with Gasteiger partial charge in [-0.1, -0.05) is 30.7 Å². The number of esters is 1. The molecular formula is C20H21ClN2O4S. The van der Waals surface area contributed by atoms with Gasteiger partial charge >= 0.3 is 5.97 Å². The van der Waals surface area contributed by atoms with Gasteiger partial charge in [-0.2, -0.15) is 0 Å². The maximum Gasteiger partial charge on any atom is 0.316 e. The molecule has 0 fully saturated rings. The van der Waals surface area contributed by atoms with Crippen molar-refractivity contribution in [3.8, 4) is 5.75 Å². The molecule has 6 nitrogen and oxygen atoms in total. The van der Waals surface area contributed by atoms with Crippen LogP contribution in [0.5, 0.6) is 5.75 Å². The lowest BCUT2D eigenvalue weighted by Gasteiger charge is -2.16. The van der Waals surface area contributed by atoms with Crippen LogP contribution >= 0.6 is 11.6 Å². The van der Waals surface area contributed by atoms with E-state index in [1.807, 2.05) is 29.8 Å². The molecule has 0 spiro atoms. The number of rotatable bonds is 7. The molecule has 3 rings (SSSR count). The highest BCUT2D eigenvalue weighted by Crippen LogP contribution is 2.27. The van der Waals surface area contributed by atoms with Crippen LogP contribution in [0.15, 0.2) is 54.7 Å². The number of hydrogen-bond donors (Lipinski definition) is 1. The predicted molar refractivity (Wildman–Crippen MR) is 111 cm³/mol. The van der Waals surface area contributed by atoms with E-state index < -0.39 is 10.0 Å². The number of anilines is 1. The smallest absolute Gasteiger partial charge is 0.316 e. The van der Waals surface area contributed by atoms with Gasteiger partial charge in [0, 0.05) is 23.2 Å². The lowest BCUT2D eigenvalue weighted by atomic mass is 10.1. The number of aromatic nitrogens is 1. The molecule has 0 radical (unpaired) electrons. The molecule has 0 aliphatic carbocycles. The van der Waals surface area contributed by atoms with Crippen molar-refractivity contribution in [1.29, 1.82) is 0 Å². The van der Waals surface area contributed by atoms with E-state index in [9.17, 15) is 13.2 Å². The number of nitrogens with zero attached hydrogens (tertiary/aromatic N) is 1. The molecule has 2 aromatic carbocycles. The number of halogens is 1. The fraction of sp³-hybridized carbons (Fsp3) is 0.250. The Morgan fingerprint density at radius 1 is 1.21 bits per heavy atom. The normalized spacial score (nSPS) is 12.7. The Labute approximate surface area is 169 Å². The second-order valence-electron chi connectivity index (χ2n) is 6.56. The minimum atomic E-state index is -3.38. The largest absolute Gasteiger partial charge is 0.426 e. The highest BCUT2D eigenvalue weighted by Gasteiger charge is 2.21. The van der Waals surface area contributed by atoms with Gasteiger partial charge in [0.25, 0.3) is 0 Å². The maximum atomic E-state index is 12.6. The first-order chi connectivity index (χ1) is 13.3. The maximum absolute atomic E-state index is 12.6. The van der Waals surface area contributed by atoms with E-state index in [2.05, 4.69) is 4.72 Å². The van der Waals surface area contributed by atoms with Crippen molar-refractivity contribution in [1.82, 2.24) is 4.57 Å². The van der Waals surface area contributed by atoms with Crippen molar-refractivity contribution in [3.63, 3.8) is 0 Å². The van der Waals surface area contributed by atoms with Crippen LogP contribution in [0.4, 0.5) is 5.69 Å². The SMILES string of the molecule is CCC(Cn1ccc2c(NS(C)(=O)=O)cccc21)C(=O)Oc1cccc(Cl)c1. The number of nitrogens with one attached hydrogen (secondary N) is 1. The average Bonchev–Trinajstić information content (AvgIpc) is 3.02. The summed E-state index contributed by atoms with van der Waals surface area (Å²) < 4.78 is 33.1. The topological polar surface area (TPSA) is 77.4 Å². The van der Waals surface area contributed by atoms with Crippen molar-refractivity contribution in [2.75, 3.05) is 11.0 Å². The second kappa shape index (κ2) is 8.24. The van der Waals surface area contributed by atoms with Gasteiger partial charge < -0.3 is 9.30 Å². The van der Waals surface area contributed by atoms with E-state index in [0.29, 0.717) is 29.4 Å². The van der Waals surface area contributed by atoms with Crippen LogP contribution in [0.25, 0.3) is 10.9 Å². The Hall–Kier alpha value is -2.51. The first-order valence-electron chi connectivity index (χ1n) is 8.79. The molecule has 0 amide bonds. The van der Waals surface area contributed by atoms with Crippen LogP contribution in [0, 0.1) is 5.92 Å². The summed E-state index contributed by atoms with van der Waals surface area (Å²) in [6.07, 6.45) is 3.55. The summed E-state index contributed by atoms with van der Waals surface area (Å²) in [7, 11) is -3.38. The van der Waals surface area contributed by atoms with E-state index in [1.54, 1.807) is 36.4 Å². The van der Waals surface area contributed by atoms with Crippen molar-refractivity contribution in [2.45, 2.75) is 19.9 Å². The molecular weight excluding hydrogens is 400 g/mol. The van der Waals surface area contributed by atoms with Gasteiger partial charge in [-0.05, 0) is 42.8 Å². The minimum Gasteiger partial charge on any atom is -0.426 e. The van der Waals surface area contributed by atoms with Crippen molar-refractivity contribution >= 4 is 44.2 Å². The van der Waals surface area contributed by atoms with Crippen LogP contribution < -0.4 is 9.46 Å². The Morgan fingerprint density at radius 2 is 1.96 bits per heavy atom. The first kappa shape index (κ1) is 20.2. The van der Waals surface area contributed by atoms with Gasteiger partial charge in [0.1, 0.15) is 5.75 Å². The fourth-order valence-corrected chi connectivity index (χ4v) is 3.77. The Balaban J connectivity index is 1.82. The highest BCUT2D eigenvalue weighted by molar-refractivity contribution is 7.92. The highest BCUT2D eigenvalue weighted by atomic mass is 35.5. The molecule has 0 bridgehead atoms. The van der Waals surface area contributed by atoms with Gasteiger partial charge in [0.15, 0.2) is 0 Å². The van der Waals surface area contributed by atoms with Crippen molar-refractivity contribution < 1.29 is 17.9 Å². The molecule has 148 valence electrons. The van der Waals surface area contributed by atoms with Gasteiger partial charge in [0.05, 0.1) is 23.4 Å². The third kappa shape index (κ3) is 4.85. The van der Waals surface area contributed by atoms with E-state index in [1.165, 1.54) is 0 Å². The van der Waals surface area contributed by atoms with Gasteiger partial charge in [-0.15, -0.1) is 0 Å². The summed E-state index contributed by atoms with van der Waals surface area (Å²) >= 11 is 5.94. The van der Waals surface area contributed by atoms with Crippen molar-refractivity contribution in [3.05, 3.63) is 59.8 Å². The molecule has 1 unspecified atom stereocenters. The zero-order valence-corrected chi connectivity index (χ0v) is 17.1. The quantitative estimate of drug-likeness (QED) is 0.456. The lowest BCUT2D eigenvalue weighted by molar-refractivity contribution is -0.139. The van der Waals surface area contributed by atoms with Crippen LogP contribution in [-0.2, 0) is 21.4 Å². The summed E-state index contributed by atoms with van der Waals surface area (Å²) in [4.78, 5) is 12.6. The molecule has 28 heavy (non-hydrogen) atoms. The first-order valence-corrected chi connectivity index (χ1v) is 11.1. The molecule has 0 saturated heterocycles. The zero-order chi connectivity index (χ0) is 20.3. The van der Waals surface area contributed by atoms with E-state index >= 15 is 0 Å². The standard InChI is InChI=1S/C20H21ClN2O4S/c1-3-14(20(24)27-16-7-4-6-15(21)12-16)13-23-11-10-17-18(22-28(2,25)26)8-5-9-19(17)23/h4-12,14,22H,3,13H2,1-2H3. The summed E-state index contributed by atoms with van der Waals surface area (Å²) in [5.41, 5.74) is 1.34. The van der Waals surface area contributed by atoms with Crippen LogP contribution in [-0.4, -0.2) is 25.2 Å². The van der Waals surface area contributed by atoms with E-state index in [-0.39, 0.29) is 11.9 Å². The number of sulfonamides is 1. The van der Waals surface area contributed by atoms with Gasteiger partial charge in [-0.3, -0.25) is 9.52 Å². The number of ether oxygens (including phenoxy) is 1. The van der Waals surface area contributed by atoms with Gasteiger partial charge in [0.2, 0.25) is 10.0 Å². The second-order valence-corrected chi connectivity index (χ2v) is 8.75. The molecule has 1 aromatic heterocycles. The zero-order valence-electron chi connectivity index (χ0n) is 15.6. The average molecular weight is 421 g/mol. The third-order valence-corrected chi connectivity index (χ3v) is 5.19. The third-order valence-electron chi connectivity index (χ3n) is 4.37. The number of hydrogen-bond acceptors (Lipinski definition) is 4. The summed E-state index contributed by atoms with van der Waals surface area (Å²) in [5.74, 6) is -0.286. The molecule has 3 aromatic rings. The summed E-state index contributed by atoms with van der Waals surface area (Å²) in [6.45, 7) is 2.34. The minimum absolute atomic E-state index is 0.336. The number of benzene rings is 2. The summed E-state index contributed by atoms with van der Waals surface area (Å²) in [5, 5.41) is 1.27. The Morgan fingerprint density at radius 3 is 2.64 bits per heavy atom. The Bertz CT molecular complexity index is 1110. The molecule has 0 aliphatic rings. The summed E-state index contributed by atoms with van der Waals surface area (Å²) in [6, 6.07) is 13.9. The molecule has 8 heteroatoms. The van der Waals surface area contributed by atoms with Crippen LogP contribution in [0.3, 0.4) is 0 Å². The Kier molecular flexibility index (Phi) is 5.96. The molecule has 0 saturated carbocycles. The monoisotopic (exact) mass is 420 g/mol. The number of carbonyl (C=O) groups is 1. The predicted octanol–water partition coefficient (Wildman–Crippen LogP) is 4.30. The lowest BCUT2D eigenvalue weighted by Crippen LogP contribution is -2.24. The molecule has 0 aliphatic heterocycles. The van der Waals surface area contributed by atoms with E-state index in [0.717, 1.165) is 17.2 Å². The number of fused-ring (bicyclic) bond motifs is 1. The fourth-order valence-electron chi connectivity index (χ4n) is 3.01. The van der Waals surface area contributed by atoms with Crippen LogP contribution in [0.2, 0.25) is 5.02 Å². The van der Waals surface area contributed by atoms with E-state index in [4.69, 9.17) is 16.3 Å². The number of carbonyl (C=O) groups excluding carboxylic acids is 1. The van der Waals surface area contributed by atoms with Gasteiger partial charge in [-0.25, -0.2) is 8.42 Å². The molecule has 1 N–H and O–H groups in total. The van der Waals surface area contributed by atoms with Crippen LogP contribution in [0.1, 0.15) is 13.3 Å². The molecule has 1 atom stereocenters. The van der Waals surface area contributed by atoms with Crippen molar-refractivity contribution in [2.24, 2.45) is 5.92 Å².